The first-order valence-corrected chi connectivity index (χ1v) is 7.03. The van der Waals surface area contributed by atoms with Gasteiger partial charge in [0.25, 0.3) is 0 Å². The Morgan fingerprint density at radius 1 is 1.10 bits per heavy atom. The Morgan fingerprint density at radius 2 is 1.76 bits per heavy atom. The first-order chi connectivity index (χ1) is 9.86. The van der Waals surface area contributed by atoms with Crippen molar-refractivity contribution in [2.24, 2.45) is 0 Å². The number of anilines is 2. The second-order valence-corrected chi connectivity index (χ2v) is 6.11. The van der Waals surface area contributed by atoms with Crippen molar-refractivity contribution >= 4 is 29.0 Å². The van der Waals surface area contributed by atoms with Gasteiger partial charge < -0.3 is 10.6 Å². The summed E-state index contributed by atoms with van der Waals surface area (Å²) in [7, 11) is 0. The highest BCUT2D eigenvalue weighted by Gasteiger charge is 2.13. The molecule has 0 saturated heterocycles. The van der Waals surface area contributed by atoms with Crippen molar-refractivity contribution < 1.29 is 4.79 Å². The first kappa shape index (κ1) is 15.3. The number of benzene rings is 1. The van der Waals surface area contributed by atoms with Gasteiger partial charge in [0.2, 0.25) is 0 Å². The smallest absolute Gasteiger partial charge is 0.308 e. The quantitative estimate of drug-likeness (QED) is 0.792. The number of nitrogens with zero attached hydrogens (tertiary/aromatic N) is 1. The van der Waals surface area contributed by atoms with Crippen molar-refractivity contribution in [1.29, 1.82) is 0 Å². The molecule has 0 atom stereocenters. The van der Waals surface area contributed by atoms with E-state index in [1.807, 2.05) is 24.3 Å². The van der Waals surface area contributed by atoms with Gasteiger partial charge in [0.1, 0.15) is 0 Å². The van der Waals surface area contributed by atoms with E-state index in [-0.39, 0.29) is 16.6 Å². The van der Waals surface area contributed by atoms with Crippen molar-refractivity contribution in [3.63, 3.8) is 0 Å². The molecular formula is C16H18ClN3O. The molecule has 0 saturated carbocycles. The van der Waals surface area contributed by atoms with Gasteiger partial charge in [-0.3, -0.25) is 0 Å². The number of hydrogen-bond donors (Lipinski definition) is 2. The summed E-state index contributed by atoms with van der Waals surface area (Å²) in [6.45, 7) is 6.44. The second kappa shape index (κ2) is 6.14. The molecule has 4 nitrogen and oxygen atoms in total. The monoisotopic (exact) mass is 303 g/mol. The fraction of sp³-hybridized carbons (Fsp3) is 0.250. The van der Waals surface area contributed by atoms with Crippen LogP contribution >= 0.6 is 11.6 Å². The summed E-state index contributed by atoms with van der Waals surface area (Å²) in [6, 6.07) is 10.8. The fourth-order valence-corrected chi connectivity index (χ4v) is 1.98. The summed E-state index contributed by atoms with van der Waals surface area (Å²) in [5.74, 6) is 0. The number of pyridine rings is 1. The van der Waals surface area contributed by atoms with Crippen LogP contribution in [0, 0.1) is 0 Å². The molecule has 0 radical (unpaired) electrons. The average Bonchev–Trinajstić information content (AvgIpc) is 2.41. The standard InChI is InChI=1S/C16H18ClN3O/c1-16(2,3)11-6-8-12(9-7-11)19-15(21)20-13-5-4-10-18-14(13)17/h4-10H,1-3H3,(H2,19,20,21). The van der Waals surface area contributed by atoms with E-state index in [9.17, 15) is 4.79 Å². The lowest BCUT2D eigenvalue weighted by atomic mass is 9.87. The molecule has 0 aliphatic heterocycles. The lowest BCUT2D eigenvalue weighted by Crippen LogP contribution is -2.20. The van der Waals surface area contributed by atoms with E-state index in [0.717, 1.165) is 5.69 Å². The largest absolute Gasteiger partial charge is 0.323 e. The van der Waals surface area contributed by atoms with Gasteiger partial charge in [-0.15, -0.1) is 0 Å². The molecule has 0 aliphatic rings. The Balaban J connectivity index is 2.02. The molecule has 1 aromatic carbocycles. The minimum Gasteiger partial charge on any atom is -0.308 e. The van der Waals surface area contributed by atoms with Crippen molar-refractivity contribution in [3.8, 4) is 0 Å². The van der Waals surface area contributed by atoms with E-state index in [2.05, 4.69) is 36.4 Å². The van der Waals surface area contributed by atoms with Crippen LogP contribution in [0.4, 0.5) is 16.2 Å². The molecule has 1 aromatic heterocycles. The Morgan fingerprint density at radius 3 is 2.33 bits per heavy atom. The van der Waals surface area contributed by atoms with Gasteiger partial charge >= 0.3 is 6.03 Å². The highest BCUT2D eigenvalue weighted by Crippen LogP contribution is 2.23. The summed E-state index contributed by atoms with van der Waals surface area (Å²) in [5.41, 5.74) is 2.50. The number of carbonyl (C=O) groups excluding carboxylic acids is 1. The van der Waals surface area contributed by atoms with E-state index < -0.39 is 0 Å². The summed E-state index contributed by atoms with van der Waals surface area (Å²) < 4.78 is 0. The highest BCUT2D eigenvalue weighted by molar-refractivity contribution is 6.32. The third kappa shape index (κ3) is 4.20. The van der Waals surface area contributed by atoms with Crippen molar-refractivity contribution in [1.82, 2.24) is 4.98 Å². The van der Waals surface area contributed by atoms with Gasteiger partial charge in [0.15, 0.2) is 5.15 Å². The number of rotatable bonds is 2. The maximum absolute atomic E-state index is 11.9. The molecular weight excluding hydrogens is 286 g/mol. The summed E-state index contributed by atoms with van der Waals surface area (Å²) in [5, 5.41) is 5.68. The average molecular weight is 304 g/mol. The summed E-state index contributed by atoms with van der Waals surface area (Å²) in [4.78, 5) is 15.8. The maximum Gasteiger partial charge on any atom is 0.323 e. The molecule has 0 spiro atoms. The van der Waals surface area contributed by atoms with Gasteiger partial charge in [-0.1, -0.05) is 44.5 Å². The number of hydrogen-bond acceptors (Lipinski definition) is 2. The van der Waals surface area contributed by atoms with Gasteiger partial charge in [-0.2, -0.15) is 0 Å². The minimum atomic E-state index is -0.353. The van der Waals surface area contributed by atoms with Gasteiger partial charge in [-0.05, 0) is 35.2 Å². The number of urea groups is 1. The lowest BCUT2D eigenvalue weighted by Gasteiger charge is -2.19. The van der Waals surface area contributed by atoms with Crippen LogP contribution in [0.3, 0.4) is 0 Å². The van der Waals surface area contributed by atoms with Gasteiger partial charge in [0.05, 0.1) is 5.69 Å². The third-order valence-electron chi connectivity index (χ3n) is 3.02. The number of carbonyl (C=O) groups is 1. The number of aromatic nitrogens is 1. The molecule has 2 rings (SSSR count). The zero-order valence-corrected chi connectivity index (χ0v) is 13.0. The third-order valence-corrected chi connectivity index (χ3v) is 3.32. The van der Waals surface area contributed by atoms with Crippen LogP contribution in [0.2, 0.25) is 5.15 Å². The normalized spacial score (nSPS) is 11.0. The van der Waals surface area contributed by atoms with E-state index in [0.29, 0.717) is 5.69 Å². The van der Waals surface area contributed by atoms with Crippen LogP contribution in [0.5, 0.6) is 0 Å². The van der Waals surface area contributed by atoms with E-state index in [4.69, 9.17) is 11.6 Å². The van der Waals surface area contributed by atoms with Crippen LogP contribution in [0.1, 0.15) is 26.3 Å². The second-order valence-electron chi connectivity index (χ2n) is 5.75. The molecule has 2 aromatic rings. The number of amides is 2. The SMILES string of the molecule is CC(C)(C)c1ccc(NC(=O)Nc2cccnc2Cl)cc1. The molecule has 0 aliphatic carbocycles. The fourth-order valence-electron chi connectivity index (χ4n) is 1.82. The Labute approximate surface area is 129 Å². The van der Waals surface area contributed by atoms with E-state index >= 15 is 0 Å². The van der Waals surface area contributed by atoms with Crippen molar-refractivity contribution in [2.45, 2.75) is 26.2 Å². The van der Waals surface area contributed by atoms with Crippen LogP contribution in [-0.2, 0) is 5.41 Å². The predicted molar refractivity (Wildman–Crippen MR) is 87.0 cm³/mol. The molecule has 21 heavy (non-hydrogen) atoms. The number of halogens is 1. The zero-order valence-electron chi connectivity index (χ0n) is 12.3. The van der Waals surface area contributed by atoms with Gasteiger partial charge in [0, 0.05) is 11.9 Å². The highest BCUT2D eigenvalue weighted by atomic mass is 35.5. The van der Waals surface area contributed by atoms with Crippen LogP contribution < -0.4 is 10.6 Å². The molecule has 0 fully saturated rings. The van der Waals surface area contributed by atoms with E-state index in [1.165, 1.54) is 5.56 Å². The van der Waals surface area contributed by atoms with Gasteiger partial charge in [-0.25, -0.2) is 9.78 Å². The Hall–Kier alpha value is -2.07. The molecule has 0 bridgehead atoms. The Bertz CT molecular complexity index is 633. The predicted octanol–water partition coefficient (Wildman–Crippen LogP) is 4.68. The summed E-state index contributed by atoms with van der Waals surface area (Å²) >= 11 is 5.89. The van der Waals surface area contributed by atoms with Crippen molar-refractivity contribution in [3.05, 3.63) is 53.3 Å². The van der Waals surface area contributed by atoms with Crippen LogP contribution in [0.25, 0.3) is 0 Å². The van der Waals surface area contributed by atoms with E-state index in [1.54, 1.807) is 18.3 Å². The van der Waals surface area contributed by atoms with Crippen molar-refractivity contribution in [2.75, 3.05) is 10.6 Å². The topological polar surface area (TPSA) is 54.0 Å². The molecule has 5 heteroatoms. The molecule has 0 unspecified atom stereocenters. The molecule has 2 amide bonds. The van der Waals surface area contributed by atoms with Crippen LogP contribution in [-0.4, -0.2) is 11.0 Å². The summed E-state index contributed by atoms with van der Waals surface area (Å²) in [6.07, 6.45) is 1.57. The van der Waals surface area contributed by atoms with Crippen LogP contribution in [0.15, 0.2) is 42.6 Å². The minimum absolute atomic E-state index is 0.0873. The maximum atomic E-state index is 11.9. The number of nitrogens with one attached hydrogen (secondary N) is 2. The Kier molecular flexibility index (Phi) is 4.48. The zero-order chi connectivity index (χ0) is 15.5. The lowest BCUT2D eigenvalue weighted by molar-refractivity contribution is 0.262. The molecule has 110 valence electrons. The molecule has 1 heterocycles. The first-order valence-electron chi connectivity index (χ1n) is 6.65. The molecule has 2 N–H and O–H groups in total.